The number of hydrogen-bond acceptors (Lipinski definition) is 3. The Labute approximate surface area is 151 Å². The Morgan fingerprint density at radius 2 is 1.40 bits per heavy atom. The van der Waals surface area contributed by atoms with Gasteiger partial charge in [0.1, 0.15) is 6.73 Å². The number of carbonyl (C=O) groups excluding carboxylic acids is 1. The first-order chi connectivity index (χ1) is 11.8. The Bertz CT molecular complexity index is 644. The van der Waals surface area contributed by atoms with E-state index in [1.54, 1.807) is 19.1 Å². The summed E-state index contributed by atoms with van der Waals surface area (Å²) in [6, 6.07) is 19.4. The van der Waals surface area contributed by atoms with Crippen LogP contribution >= 0.6 is 0 Å². The highest BCUT2D eigenvalue weighted by Crippen LogP contribution is 2.38. The molecule has 134 valence electrons. The zero-order chi connectivity index (χ0) is 18.5. The van der Waals surface area contributed by atoms with Gasteiger partial charge >= 0.3 is 0 Å². The summed E-state index contributed by atoms with van der Waals surface area (Å²) in [5, 5.41) is 0. The molecule has 0 fully saturated rings. The molecular weight excluding hydrogens is 330 g/mol. The quantitative estimate of drug-likeness (QED) is 0.558. The monoisotopic (exact) mass is 357 g/mol. The zero-order valence-corrected chi connectivity index (χ0v) is 16.7. The Kier molecular flexibility index (Phi) is 6.16. The van der Waals surface area contributed by atoms with Crippen molar-refractivity contribution in [1.29, 1.82) is 0 Å². The molecule has 2 rings (SSSR count). The minimum atomic E-state index is -2.08. The van der Waals surface area contributed by atoms with Gasteiger partial charge in [0.15, 0.2) is 13.9 Å². The van der Waals surface area contributed by atoms with Gasteiger partial charge in [-0.3, -0.25) is 4.79 Å². The summed E-state index contributed by atoms with van der Waals surface area (Å²) in [4.78, 5) is 15.1. The standard InChI is InChI=1S/C20H27NO3Si/c1-21(16-23-2)19(22)20(24-25(3,4)5,17-12-8-6-9-13-17)18-14-10-7-11-15-18/h6-15H,16H2,1-5H3. The first-order valence-electron chi connectivity index (χ1n) is 8.37. The molecule has 0 unspecified atom stereocenters. The molecule has 0 radical (unpaired) electrons. The minimum absolute atomic E-state index is 0.130. The Hall–Kier alpha value is -1.95. The van der Waals surface area contributed by atoms with Crippen molar-refractivity contribution >= 4 is 14.2 Å². The summed E-state index contributed by atoms with van der Waals surface area (Å²) < 4.78 is 11.8. The number of nitrogens with zero attached hydrogens (tertiary/aromatic N) is 1. The summed E-state index contributed by atoms with van der Waals surface area (Å²) in [6.07, 6.45) is 0. The van der Waals surface area contributed by atoms with Crippen LogP contribution in [0.25, 0.3) is 0 Å². The fourth-order valence-electron chi connectivity index (χ4n) is 2.90. The molecule has 0 saturated carbocycles. The van der Waals surface area contributed by atoms with E-state index in [1.165, 1.54) is 0 Å². The van der Waals surface area contributed by atoms with Crippen LogP contribution in [0.3, 0.4) is 0 Å². The van der Waals surface area contributed by atoms with Crippen molar-refractivity contribution in [2.24, 2.45) is 0 Å². The molecule has 0 saturated heterocycles. The van der Waals surface area contributed by atoms with Gasteiger partial charge in [-0.1, -0.05) is 60.7 Å². The summed E-state index contributed by atoms with van der Waals surface area (Å²) in [5.74, 6) is -0.130. The van der Waals surface area contributed by atoms with Crippen molar-refractivity contribution in [1.82, 2.24) is 4.90 Å². The summed E-state index contributed by atoms with van der Waals surface area (Å²) >= 11 is 0. The van der Waals surface area contributed by atoms with E-state index in [9.17, 15) is 4.79 Å². The van der Waals surface area contributed by atoms with E-state index >= 15 is 0 Å². The van der Waals surface area contributed by atoms with Crippen LogP contribution in [0, 0.1) is 0 Å². The molecule has 5 heteroatoms. The van der Waals surface area contributed by atoms with E-state index in [1.807, 2.05) is 60.7 Å². The van der Waals surface area contributed by atoms with Gasteiger partial charge in [0, 0.05) is 14.2 Å². The molecule has 0 aliphatic carbocycles. The second-order valence-electron chi connectivity index (χ2n) is 7.05. The van der Waals surface area contributed by atoms with Crippen molar-refractivity contribution in [2.75, 3.05) is 20.9 Å². The SMILES string of the molecule is COCN(C)C(=O)C(O[Si](C)(C)C)(c1ccccc1)c1ccccc1. The molecule has 0 aromatic heterocycles. The summed E-state index contributed by atoms with van der Waals surface area (Å²) in [6.45, 7) is 6.49. The maximum atomic E-state index is 13.6. The zero-order valence-electron chi connectivity index (χ0n) is 15.7. The molecule has 2 aromatic carbocycles. The summed E-state index contributed by atoms with van der Waals surface area (Å²) in [5.41, 5.74) is 0.480. The normalized spacial score (nSPS) is 12.0. The largest absolute Gasteiger partial charge is 0.397 e. The number of methoxy groups -OCH3 is 1. The topological polar surface area (TPSA) is 38.8 Å². The lowest BCUT2D eigenvalue weighted by Crippen LogP contribution is -2.53. The number of rotatable bonds is 7. The fraction of sp³-hybridized carbons (Fsp3) is 0.350. The number of hydrogen-bond donors (Lipinski definition) is 0. The molecule has 1 amide bonds. The molecule has 4 nitrogen and oxygen atoms in total. The van der Waals surface area contributed by atoms with E-state index < -0.39 is 13.9 Å². The lowest BCUT2D eigenvalue weighted by molar-refractivity contribution is -0.149. The number of benzene rings is 2. The van der Waals surface area contributed by atoms with Crippen molar-refractivity contribution in [3.63, 3.8) is 0 Å². The van der Waals surface area contributed by atoms with Gasteiger partial charge in [-0.15, -0.1) is 0 Å². The third-order valence-electron chi connectivity index (χ3n) is 3.79. The molecule has 0 aliphatic rings. The van der Waals surface area contributed by atoms with Gasteiger partial charge in [0.25, 0.3) is 5.91 Å². The van der Waals surface area contributed by atoms with E-state index in [-0.39, 0.29) is 12.6 Å². The van der Waals surface area contributed by atoms with Crippen molar-refractivity contribution in [3.8, 4) is 0 Å². The van der Waals surface area contributed by atoms with Gasteiger partial charge in [-0.05, 0) is 30.8 Å². The average molecular weight is 358 g/mol. The predicted octanol–water partition coefficient (Wildman–Crippen LogP) is 3.84. The number of ether oxygens (including phenoxy) is 1. The van der Waals surface area contributed by atoms with Crippen LogP contribution in [0.2, 0.25) is 19.6 Å². The Morgan fingerprint density at radius 1 is 0.960 bits per heavy atom. The van der Waals surface area contributed by atoms with Gasteiger partial charge in [0.2, 0.25) is 0 Å². The molecule has 25 heavy (non-hydrogen) atoms. The van der Waals surface area contributed by atoms with Crippen molar-refractivity contribution in [2.45, 2.75) is 25.2 Å². The fourth-order valence-corrected chi connectivity index (χ4v) is 4.14. The van der Waals surface area contributed by atoms with E-state index in [0.717, 1.165) is 11.1 Å². The number of likely N-dealkylation sites (N-methyl/N-ethyl adjacent to an activating group) is 1. The molecule has 0 atom stereocenters. The smallest absolute Gasteiger partial charge is 0.264 e. The number of carbonyl (C=O) groups is 1. The summed E-state index contributed by atoms with van der Waals surface area (Å²) in [7, 11) is 1.24. The van der Waals surface area contributed by atoms with E-state index in [2.05, 4.69) is 19.6 Å². The van der Waals surface area contributed by atoms with Crippen LogP contribution in [0.15, 0.2) is 60.7 Å². The minimum Gasteiger partial charge on any atom is -0.397 e. The highest BCUT2D eigenvalue weighted by Gasteiger charge is 2.47. The molecule has 0 bridgehead atoms. The van der Waals surface area contributed by atoms with Crippen molar-refractivity contribution < 1.29 is 14.0 Å². The second-order valence-corrected chi connectivity index (χ2v) is 11.5. The molecule has 0 spiro atoms. The highest BCUT2D eigenvalue weighted by molar-refractivity contribution is 6.70. The first-order valence-corrected chi connectivity index (χ1v) is 11.8. The van der Waals surface area contributed by atoms with Crippen LogP contribution in [-0.2, 0) is 19.6 Å². The van der Waals surface area contributed by atoms with Gasteiger partial charge in [0.05, 0.1) is 0 Å². The predicted molar refractivity (Wildman–Crippen MR) is 103 cm³/mol. The first kappa shape index (κ1) is 19.4. The van der Waals surface area contributed by atoms with Gasteiger partial charge in [-0.2, -0.15) is 0 Å². The molecule has 0 heterocycles. The molecule has 0 N–H and O–H groups in total. The van der Waals surface area contributed by atoms with Gasteiger partial charge in [-0.25, -0.2) is 0 Å². The average Bonchev–Trinajstić information content (AvgIpc) is 2.60. The van der Waals surface area contributed by atoms with Crippen molar-refractivity contribution in [3.05, 3.63) is 71.8 Å². The molecule has 2 aromatic rings. The van der Waals surface area contributed by atoms with E-state index in [0.29, 0.717) is 0 Å². The second kappa shape index (κ2) is 7.95. The third-order valence-corrected chi connectivity index (χ3v) is 4.71. The highest BCUT2D eigenvalue weighted by atomic mass is 28.4. The van der Waals surface area contributed by atoms with Crippen LogP contribution in [0.1, 0.15) is 11.1 Å². The third kappa shape index (κ3) is 4.37. The van der Waals surface area contributed by atoms with Crippen LogP contribution < -0.4 is 0 Å². The maximum Gasteiger partial charge on any atom is 0.264 e. The number of amides is 1. The van der Waals surface area contributed by atoms with E-state index in [4.69, 9.17) is 9.16 Å². The van der Waals surface area contributed by atoms with Crippen LogP contribution in [-0.4, -0.2) is 40.0 Å². The Morgan fingerprint density at radius 3 is 1.76 bits per heavy atom. The van der Waals surface area contributed by atoms with Crippen LogP contribution in [0.5, 0.6) is 0 Å². The maximum absolute atomic E-state index is 13.6. The van der Waals surface area contributed by atoms with Gasteiger partial charge < -0.3 is 14.1 Å². The molecule has 0 aliphatic heterocycles. The lowest BCUT2D eigenvalue weighted by atomic mass is 9.85. The Balaban J connectivity index is 2.72. The van der Waals surface area contributed by atoms with Crippen LogP contribution in [0.4, 0.5) is 0 Å². The molecular formula is C20H27NO3Si. The lowest BCUT2D eigenvalue weighted by Gasteiger charge is -2.40.